The number of hydrogen-bond acceptors (Lipinski definition) is 1. The van der Waals surface area contributed by atoms with Crippen LogP contribution in [0.1, 0.15) is 20.3 Å². The second-order valence-corrected chi connectivity index (χ2v) is 3.46. The summed E-state index contributed by atoms with van der Waals surface area (Å²) in [4.78, 5) is 0. The van der Waals surface area contributed by atoms with Gasteiger partial charge in [-0.25, -0.2) is 0 Å². The Labute approximate surface area is 57.1 Å². The van der Waals surface area contributed by atoms with Crippen molar-refractivity contribution in [1.29, 1.82) is 0 Å². The van der Waals surface area contributed by atoms with E-state index in [1.54, 1.807) is 0 Å². The molecule has 0 aliphatic carbocycles. The first-order chi connectivity index (χ1) is 4.14. The highest BCUT2D eigenvalue weighted by Gasteiger charge is 2.27. The summed E-state index contributed by atoms with van der Waals surface area (Å²) in [6.07, 6.45) is 3.28. The van der Waals surface area contributed by atoms with Crippen LogP contribution in [0.25, 0.3) is 0 Å². The van der Waals surface area contributed by atoms with E-state index in [1.807, 2.05) is 6.08 Å². The van der Waals surface area contributed by atoms with Gasteiger partial charge in [-0.2, -0.15) is 0 Å². The molecule has 1 aliphatic rings. The van der Waals surface area contributed by atoms with Gasteiger partial charge in [-0.3, -0.25) is 0 Å². The summed E-state index contributed by atoms with van der Waals surface area (Å²) in [5, 5.41) is 3.43. The second-order valence-electron chi connectivity index (χ2n) is 3.46. The first kappa shape index (κ1) is 6.81. The Balaban J connectivity index is 2.47. The van der Waals surface area contributed by atoms with E-state index >= 15 is 0 Å². The molecule has 1 heterocycles. The maximum Gasteiger partial charge on any atom is 0.0131 e. The largest absolute Gasteiger partial charge is 0.311 e. The molecule has 1 heteroatoms. The van der Waals surface area contributed by atoms with Gasteiger partial charge in [0.2, 0.25) is 0 Å². The highest BCUT2D eigenvalue weighted by molar-refractivity contribution is 4.96. The first-order valence-electron chi connectivity index (χ1n) is 3.52. The maximum absolute atomic E-state index is 3.77. The molecule has 0 spiro atoms. The molecule has 0 radical (unpaired) electrons. The zero-order valence-corrected chi connectivity index (χ0v) is 6.28. The standard InChI is InChI=1S/C8H15N/c1-4-7-5-8(2,3)9-6-7/h4,7,9H,1,5-6H2,2-3H3. The van der Waals surface area contributed by atoms with Gasteiger partial charge in [0.25, 0.3) is 0 Å². The van der Waals surface area contributed by atoms with Gasteiger partial charge in [0.05, 0.1) is 0 Å². The van der Waals surface area contributed by atoms with Crippen molar-refractivity contribution >= 4 is 0 Å². The molecule has 9 heavy (non-hydrogen) atoms. The predicted octanol–water partition coefficient (Wildman–Crippen LogP) is 1.56. The van der Waals surface area contributed by atoms with Crippen LogP contribution in [0.5, 0.6) is 0 Å². The molecule has 52 valence electrons. The minimum absolute atomic E-state index is 0.346. The molecule has 0 aromatic carbocycles. The molecule has 1 saturated heterocycles. The van der Waals surface area contributed by atoms with Crippen LogP contribution in [-0.2, 0) is 0 Å². The van der Waals surface area contributed by atoms with Crippen LogP contribution in [-0.4, -0.2) is 12.1 Å². The first-order valence-corrected chi connectivity index (χ1v) is 3.52. The lowest BCUT2D eigenvalue weighted by atomic mass is 9.97. The van der Waals surface area contributed by atoms with Gasteiger partial charge in [0.1, 0.15) is 0 Å². The van der Waals surface area contributed by atoms with E-state index in [0.29, 0.717) is 11.5 Å². The highest BCUT2D eigenvalue weighted by atomic mass is 15.0. The quantitative estimate of drug-likeness (QED) is 0.524. The molecule has 0 aromatic heterocycles. The molecule has 1 aliphatic heterocycles. The van der Waals surface area contributed by atoms with E-state index in [-0.39, 0.29) is 0 Å². The van der Waals surface area contributed by atoms with E-state index in [4.69, 9.17) is 0 Å². The fourth-order valence-electron chi connectivity index (χ4n) is 1.37. The van der Waals surface area contributed by atoms with Crippen LogP contribution >= 0.6 is 0 Å². The normalized spacial score (nSPS) is 32.4. The number of nitrogens with one attached hydrogen (secondary N) is 1. The zero-order chi connectivity index (χ0) is 6.91. The maximum atomic E-state index is 3.77. The van der Waals surface area contributed by atoms with Gasteiger partial charge in [-0.05, 0) is 26.2 Å². The Morgan fingerprint density at radius 1 is 1.67 bits per heavy atom. The number of hydrogen-bond donors (Lipinski definition) is 1. The SMILES string of the molecule is C=CC1CNC(C)(C)C1. The fourth-order valence-corrected chi connectivity index (χ4v) is 1.37. The monoisotopic (exact) mass is 125 g/mol. The number of rotatable bonds is 1. The minimum atomic E-state index is 0.346. The molecule has 0 saturated carbocycles. The molecule has 1 rings (SSSR count). The second kappa shape index (κ2) is 2.14. The van der Waals surface area contributed by atoms with Crippen molar-refractivity contribution in [3.05, 3.63) is 12.7 Å². The highest BCUT2D eigenvalue weighted by Crippen LogP contribution is 2.23. The van der Waals surface area contributed by atoms with Crippen molar-refractivity contribution in [2.45, 2.75) is 25.8 Å². The van der Waals surface area contributed by atoms with Crippen LogP contribution in [0.3, 0.4) is 0 Å². The van der Waals surface area contributed by atoms with Crippen molar-refractivity contribution in [1.82, 2.24) is 5.32 Å². The van der Waals surface area contributed by atoms with Crippen LogP contribution in [0.15, 0.2) is 12.7 Å². The summed E-state index contributed by atoms with van der Waals surface area (Å²) >= 11 is 0. The van der Waals surface area contributed by atoms with Gasteiger partial charge in [0, 0.05) is 12.1 Å². The summed E-state index contributed by atoms with van der Waals surface area (Å²) in [5.74, 6) is 0.694. The average molecular weight is 125 g/mol. The molecule has 0 bridgehead atoms. The summed E-state index contributed by atoms with van der Waals surface area (Å²) in [6, 6.07) is 0. The Morgan fingerprint density at radius 3 is 2.56 bits per heavy atom. The summed E-state index contributed by atoms with van der Waals surface area (Å²) < 4.78 is 0. The predicted molar refractivity (Wildman–Crippen MR) is 40.4 cm³/mol. The Hall–Kier alpha value is -0.300. The van der Waals surface area contributed by atoms with E-state index in [9.17, 15) is 0 Å². The van der Waals surface area contributed by atoms with Crippen molar-refractivity contribution in [3.63, 3.8) is 0 Å². The van der Waals surface area contributed by atoms with Gasteiger partial charge in [-0.1, -0.05) is 6.08 Å². The molecule has 1 atom stereocenters. The van der Waals surface area contributed by atoms with Crippen molar-refractivity contribution in [3.8, 4) is 0 Å². The Morgan fingerprint density at radius 2 is 2.33 bits per heavy atom. The Bertz CT molecular complexity index is 116. The molecule has 1 fully saturated rings. The summed E-state index contributed by atoms with van der Waals surface area (Å²) in [6.45, 7) is 9.34. The fraction of sp³-hybridized carbons (Fsp3) is 0.750. The van der Waals surface area contributed by atoms with Crippen molar-refractivity contribution in [2.75, 3.05) is 6.54 Å². The molecule has 1 unspecified atom stereocenters. The van der Waals surface area contributed by atoms with E-state index in [0.717, 1.165) is 6.54 Å². The lowest BCUT2D eigenvalue weighted by Crippen LogP contribution is -2.31. The smallest absolute Gasteiger partial charge is 0.0131 e. The van der Waals surface area contributed by atoms with Crippen LogP contribution in [0.2, 0.25) is 0 Å². The molecular formula is C8H15N. The van der Waals surface area contributed by atoms with Gasteiger partial charge in [-0.15, -0.1) is 6.58 Å². The van der Waals surface area contributed by atoms with Crippen molar-refractivity contribution < 1.29 is 0 Å². The van der Waals surface area contributed by atoms with Gasteiger partial charge < -0.3 is 5.32 Å². The van der Waals surface area contributed by atoms with Crippen LogP contribution in [0, 0.1) is 5.92 Å². The lowest BCUT2D eigenvalue weighted by molar-refractivity contribution is 0.453. The molecule has 0 amide bonds. The van der Waals surface area contributed by atoms with Gasteiger partial charge >= 0.3 is 0 Å². The third-order valence-corrected chi connectivity index (χ3v) is 1.95. The Kier molecular flexibility index (Phi) is 1.62. The molecule has 1 nitrogen and oxygen atoms in total. The van der Waals surface area contributed by atoms with Crippen LogP contribution < -0.4 is 5.32 Å². The summed E-state index contributed by atoms with van der Waals surface area (Å²) in [7, 11) is 0. The average Bonchev–Trinajstić information content (AvgIpc) is 2.10. The summed E-state index contributed by atoms with van der Waals surface area (Å²) in [5.41, 5.74) is 0.346. The van der Waals surface area contributed by atoms with E-state index in [2.05, 4.69) is 25.7 Å². The third-order valence-electron chi connectivity index (χ3n) is 1.95. The minimum Gasteiger partial charge on any atom is -0.311 e. The lowest BCUT2D eigenvalue weighted by Gasteiger charge is -2.16. The third kappa shape index (κ3) is 1.55. The van der Waals surface area contributed by atoms with E-state index in [1.165, 1.54) is 6.42 Å². The van der Waals surface area contributed by atoms with E-state index < -0.39 is 0 Å². The van der Waals surface area contributed by atoms with Crippen molar-refractivity contribution in [2.24, 2.45) is 5.92 Å². The molecular weight excluding hydrogens is 110 g/mol. The zero-order valence-electron chi connectivity index (χ0n) is 6.28. The topological polar surface area (TPSA) is 12.0 Å². The van der Waals surface area contributed by atoms with Gasteiger partial charge in [0.15, 0.2) is 0 Å². The van der Waals surface area contributed by atoms with Crippen LogP contribution in [0.4, 0.5) is 0 Å². The molecule has 0 aromatic rings. The molecule has 1 N–H and O–H groups in total.